The van der Waals surface area contributed by atoms with E-state index in [4.69, 9.17) is 0 Å². The monoisotopic (exact) mass is 491 g/mol. The highest BCUT2D eigenvalue weighted by atomic mass is 32.1. The highest BCUT2D eigenvalue weighted by molar-refractivity contribution is 7.12. The van der Waals surface area contributed by atoms with Gasteiger partial charge in [0.15, 0.2) is 0 Å². The maximum atomic E-state index is 13.1. The number of halogens is 3. The molecular formula is C24H24F3N3O3S. The van der Waals surface area contributed by atoms with Gasteiger partial charge in [-0.25, -0.2) is 4.98 Å². The summed E-state index contributed by atoms with van der Waals surface area (Å²) in [6.45, 7) is 1.18. The summed E-state index contributed by atoms with van der Waals surface area (Å²) in [5.74, 6) is -0.797. The Labute approximate surface area is 198 Å². The van der Waals surface area contributed by atoms with E-state index in [0.29, 0.717) is 62.1 Å². The van der Waals surface area contributed by atoms with Gasteiger partial charge in [0.1, 0.15) is 10.5 Å². The normalized spacial score (nSPS) is 17.1. The molecule has 2 aliphatic rings. The van der Waals surface area contributed by atoms with Gasteiger partial charge < -0.3 is 14.6 Å². The second kappa shape index (κ2) is 8.41. The summed E-state index contributed by atoms with van der Waals surface area (Å²) in [6.07, 6.45) is 0.633. The number of aliphatic carboxylic acids is 1. The van der Waals surface area contributed by atoms with Gasteiger partial charge in [0.25, 0.3) is 0 Å². The number of alkyl halides is 3. The van der Waals surface area contributed by atoms with Crippen LogP contribution in [0.25, 0.3) is 11.0 Å². The summed E-state index contributed by atoms with van der Waals surface area (Å²) in [5, 5.41) is 10.3. The summed E-state index contributed by atoms with van der Waals surface area (Å²) >= 11 is 0.724. The van der Waals surface area contributed by atoms with E-state index in [1.54, 1.807) is 11.1 Å². The van der Waals surface area contributed by atoms with Crippen molar-refractivity contribution in [3.8, 4) is 0 Å². The van der Waals surface area contributed by atoms with Crippen molar-refractivity contribution in [2.45, 2.75) is 57.8 Å². The highest BCUT2D eigenvalue weighted by Gasteiger charge is 2.49. The first-order chi connectivity index (χ1) is 16.2. The Morgan fingerprint density at radius 2 is 2.00 bits per heavy atom. The third-order valence-corrected chi connectivity index (χ3v) is 8.09. The van der Waals surface area contributed by atoms with Gasteiger partial charge in [-0.15, -0.1) is 11.3 Å². The van der Waals surface area contributed by atoms with Crippen LogP contribution in [0.1, 0.15) is 53.1 Å². The molecule has 0 aromatic carbocycles. The van der Waals surface area contributed by atoms with Crippen LogP contribution >= 0.6 is 11.3 Å². The molecule has 34 heavy (non-hydrogen) atoms. The molecule has 0 unspecified atom stereocenters. The molecule has 0 atom stereocenters. The van der Waals surface area contributed by atoms with E-state index in [0.717, 1.165) is 34.0 Å². The number of aromatic nitrogens is 2. The zero-order valence-electron chi connectivity index (χ0n) is 18.4. The van der Waals surface area contributed by atoms with Crippen LogP contribution in [0.4, 0.5) is 13.2 Å². The summed E-state index contributed by atoms with van der Waals surface area (Å²) in [4.78, 5) is 30.5. The molecular weight excluding hydrogens is 467 g/mol. The summed E-state index contributed by atoms with van der Waals surface area (Å²) < 4.78 is 41.2. The fraction of sp³-hybridized carbons (Fsp3) is 0.458. The summed E-state index contributed by atoms with van der Waals surface area (Å²) in [6, 6.07) is 6.40. The van der Waals surface area contributed by atoms with Gasteiger partial charge in [0.05, 0.1) is 18.5 Å². The lowest BCUT2D eigenvalue weighted by Crippen LogP contribution is -2.36. The largest absolute Gasteiger partial charge is 0.481 e. The molecule has 1 saturated carbocycles. The van der Waals surface area contributed by atoms with Gasteiger partial charge in [-0.2, -0.15) is 13.2 Å². The molecule has 1 amide bonds. The van der Waals surface area contributed by atoms with E-state index in [2.05, 4.69) is 4.98 Å². The first-order valence-corrected chi connectivity index (χ1v) is 12.1. The molecule has 1 aliphatic carbocycles. The predicted octanol–water partition coefficient (Wildman–Crippen LogP) is 5.08. The molecule has 0 bridgehead atoms. The topological polar surface area (TPSA) is 75.4 Å². The molecule has 1 aliphatic heterocycles. The van der Waals surface area contributed by atoms with Crippen LogP contribution in [0.15, 0.2) is 30.5 Å². The zero-order valence-corrected chi connectivity index (χ0v) is 19.2. The van der Waals surface area contributed by atoms with Gasteiger partial charge in [-0.3, -0.25) is 9.59 Å². The molecule has 0 spiro atoms. The average Bonchev–Trinajstić information content (AvgIpc) is 3.33. The molecule has 4 heterocycles. The lowest BCUT2D eigenvalue weighted by Gasteiger charge is -2.29. The number of carboxylic acid groups (broad SMARTS) is 1. The smallest absolute Gasteiger partial charge is 0.425 e. The molecule has 0 saturated heterocycles. The van der Waals surface area contributed by atoms with Gasteiger partial charge in [0.2, 0.25) is 5.91 Å². The molecule has 3 aromatic heterocycles. The van der Waals surface area contributed by atoms with Crippen molar-refractivity contribution < 1.29 is 27.9 Å². The predicted molar refractivity (Wildman–Crippen MR) is 120 cm³/mol. The van der Waals surface area contributed by atoms with Gasteiger partial charge in [-0.05, 0) is 61.9 Å². The van der Waals surface area contributed by atoms with Crippen molar-refractivity contribution in [3.05, 3.63) is 51.5 Å². The van der Waals surface area contributed by atoms with E-state index in [1.807, 2.05) is 16.7 Å². The van der Waals surface area contributed by atoms with Crippen LogP contribution < -0.4 is 0 Å². The van der Waals surface area contributed by atoms with Crippen molar-refractivity contribution in [3.63, 3.8) is 0 Å². The van der Waals surface area contributed by atoms with Crippen molar-refractivity contribution in [1.29, 1.82) is 0 Å². The van der Waals surface area contributed by atoms with Crippen LogP contribution in [0.5, 0.6) is 0 Å². The van der Waals surface area contributed by atoms with E-state index in [1.165, 1.54) is 6.07 Å². The number of carbonyl (C=O) groups excluding carboxylic acids is 1. The minimum absolute atomic E-state index is 0.0212. The number of thiophene rings is 1. The third kappa shape index (κ3) is 4.19. The lowest BCUT2D eigenvalue weighted by atomic mass is 9.98. The number of hydrogen-bond acceptors (Lipinski definition) is 4. The quantitative estimate of drug-likeness (QED) is 0.500. The minimum atomic E-state index is -4.37. The molecule has 0 radical (unpaired) electrons. The molecule has 3 aromatic rings. The fourth-order valence-corrected chi connectivity index (χ4v) is 5.74. The maximum Gasteiger partial charge on any atom is 0.425 e. The first-order valence-electron chi connectivity index (χ1n) is 11.3. The number of rotatable bonds is 7. The Bertz CT molecular complexity index is 1260. The Morgan fingerprint density at radius 3 is 2.68 bits per heavy atom. The minimum Gasteiger partial charge on any atom is -0.481 e. The van der Waals surface area contributed by atoms with Crippen molar-refractivity contribution in [1.82, 2.24) is 14.5 Å². The maximum absolute atomic E-state index is 13.1. The van der Waals surface area contributed by atoms with Crippen LogP contribution in [-0.2, 0) is 35.3 Å². The van der Waals surface area contributed by atoms with Gasteiger partial charge in [0, 0.05) is 35.1 Å². The number of hydrogen-bond donors (Lipinski definition) is 1. The Kier molecular flexibility index (Phi) is 5.66. The molecule has 6 nitrogen and oxygen atoms in total. The van der Waals surface area contributed by atoms with Gasteiger partial charge >= 0.3 is 12.1 Å². The zero-order chi connectivity index (χ0) is 24.1. The molecule has 10 heteroatoms. The standard InChI is InChI=1S/C24H24F3N3O3S/c25-24(26,27)19-6-5-15(34-19)13-30-18-14-29(12-7-16(18)17-3-2-11-28-21(17)30)20(31)4-1-8-23(9-10-23)22(32)33/h2-3,5-6,11H,1,4,7-10,12-14H2,(H,32,33). The van der Waals surface area contributed by atoms with Crippen molar-refractivity contribution >= 4 is 34.2 Å². The van der Waals surface area contributed by atoms with Crippen LogP contribution in [0.2, 0.25) is 0 Å². The second-order valence-corrected chi connectivity index (χ2v) is 10.3. The number of pyridine rings is 1. The number of carbonyl (C=O) groups is 2. The number of amides is 1. The van der Waals surface area contributed by atoms with Crippen LogP contribution in [0.3, 0.4) is 0 Å². The fourth-order valence-electron chi connectivity index (χ4n) is 4.87. The molecule has 1 N–H and O–H groups in total. The lowest BCUT2D eigenvalue weighted by molar-refractivity contribution is -0.144. The summed E-state index contributed by atoms with van der Waals surface area (Å²) in [7, 11) is 0. The molecule has 1 fully saturated rings. The highest BCUT2D eigenvalue weighted by Crippen LogP contribution is 2.50. The Balaban J connectivity index is 1.35. The van der Waals surface area contributed by atoms with E-state index in [-0.39, 0.29) is 12.5 Å². The Hall–Kier alpha value is -2.88. The average molecular weight is 492 g/mol. The van der Waals surface area contributed by atoms with Crippen LogP contribution in [0, 0.1) is 5.41 Å². The van der Waals surface area contributed by atoms with E-state index >= 15 is 0 Å². The van der Waals surface area contributed by atoms with Crippen molar-refractivity contribution in [2.24, 2.45) is 5.41 Å². The molecule has 5 rings (SSSR count). The number of carboxylic acids is 1. The second-order valence-electron chi connectivity index (χ2n) is 9.15. The third-order valence-electron chi connectivity index (χ3n) is 6.97. The Morgan fingerprint density at radius 1 is 1.21 bits per heavy atom. The van der Waals surface area contributed by atoms with Crippen LogP contribution in [-0.4, -0.2) is 38.0 Å². The van der Waals surface area contributed by atoms with E-state index in [9.17, 15) is 27.9 Å². The van der Waals surface area contributed by atoms with Crippen molar-refractivity contribution in [2.75, 3.05) is 6.54 Å². The SMILES string of the molecule is O=C(CCCC1(C(=O)O)CC1)N1CCc2c(n(Cc3ccc(C(F)(F)F)s3)c3ncccc23)C1. The van der Waals surface area contributed by atoms with Gasteiger partial charge in [-0.1, -0.05) is 0 Å². The first kappa shape index (κ1) is 22.9. The molecule has 180 valence electrons. The summed E-state index contributed by atoms with van der Waals surface area (Å²) in [5.41, 5.74) is 2.06. The number of nitrogens with zero attached hydrogens (tertiary/aromatic N) is 3. The van der Waals surface area contributed by atoms with E-state index < -0.39 is 22.4 Å². The number of fused-ring (bicyclic) bond motifs is 3.